The van der Waals surface area contributed by atoms with E-state index >= 15 is 0 Å². The zero-order valence-electron chi connectivity index (χ0n) is 15.6. The highest BCUT2D eigenvalue weighted by molar-refractivity contribution is 9.11. The van der Waals surface area contributed by atoms with Crippen LogP contribution >= 0.6 is 39.5 Å². The first kappa shape index (κ1) is 22.8. The van der Waals surface area contributed by atoms with E-state index in [0.717, 1.165) is 4.47 Å². The van der Waals surface area contributed by atoms with Gasteiger partial charge in [0.2, 0.25) is 0 Å². The highest BCUT2D eigenvalue weighted by atomic mass is 79.9. The zero-order chi connectivity index (χ0) is 21.1. The number of benzene rings is 2. The minimum absolute atomic E-state index is 0.150. The normalized spacial score (nSPS) is 13.6. The van der Waals surface area contributed by atoms with Gasteiger partial charge >= 0.3 is 7.60 Å². The Balaban J connectivity index is 2.35. The molecule has 1 N–H and O–H groups in total. The van der Waals surface area contributed by atoms with Gasteiger partial charge in [-0.2, -0.15) is 0 Å². The molecule has 0 saturated carbocycles. The van der Waals surface area contributed by atoms with Crippen molar-refractivity contribution in [3.63, 3.8) is 0 Å². The summed E-state index contributed by atoms with van der Waals surface area (Å²) < 4.78 is 29.8. The highest BCUT2D eigenvalue weighted by Gasteiger charge is 2.30. The number of ether oxygens (including phenoxy) is 1. The maximum atomic E-state index is 12.1. The van der Waals surface area contributed by atoms with Gasteiger partial charge in [0, 0.05) is 30.4 Å². The molecular weight excluding hydrogens is 519 g/mol. The number of rotatable bonds is 8. The highest BCUT2D eigenvalue weighted by Crippen LogP contribution is 2.47. The second-order valence-corrected chi connectivity index (χ2v) is 10.2. The molecule has 0 aromatic heterocycles. The quantitative estimate of drug-likeness (QED) is 0.176. The van der Waals surface area contributed by atoms with Gasteiger partial charge in [0.25, 0.3) is 5.69 Å². The Hall–Kier alpha value is -1.45. The Morgan fingerprint density at radius 3 is 2.43 bits per heavy atom. The fraction of sp³-hybridized carbons (Fsp3) is 0.294. The minimum atomic E-state index is -3.32. The molecule has 2 aromatic rings. The molecule has 152 valence electrons. The van der Waals surface area contributed by atoms with Gasteiger partial charge in [0.05, 0.1) is 9.40 Å². The summed E-state index contributed by atoms with van der Waals surface area (Å²) in [7, 11) is -2.06. The average Bonchev–Trinajstić information content (AvgIpc) is 2.56. The van der Waals surface area contributed by atoms with Crippen LogP contribution < -0.4 is 10.1 Å². The Kier molecular flexibility index (Phi) is 7.27. The van der Waals surface area contributed by atoms with Gasteiger partial charge in [0.15, 0.2) is 0 Å². The number of hydrogen-bond acceptors (Lipinski definition) is 7. The average molecular weight is 538 g/mol. The van der Waals surface area contributed by atoms with Crippen molar-refractivity contribution in [3.8, 4) is 11.5 Å². The first-order chi connectivity index (χ1) is 12.9. The van der Waals surface area contributed by atoms with Crippen LogP contribution in [-0.2, 0) is 13.6 Å². The van der Waals surface area contributed by atoms with Gasteiger partial charge in [-0.05, 0) is 54.0 Å². The van der Waals surface area contributed by atoms with Gasteiger partial charge in [-0.1, -0.05) is 15.9 Å². The standard InChI is InChI=1S/C17H19Br2N2O6P/c1-17(2,27-28(4,24)25-3)20-14-10-12(6-7-15(14)21(22)23)26-16-8-5-11(18)9-13(16)19/h5-10,20H,1-4H3. The fourth-order valence-corrected chi connectivity index (χ4v) is 4.40. The van der Waals surface area contributed by atoms with E-state index in [4.69, 9.17) is 13.8 Å². The third-order valence-electron chi connectivity index (χ3n) is 3.45. The van der Waals surface area contributed by atoms with Gasteiger partial charge in [-0.3, -0.25) is 19.2 Å². The molecule has 0 radical (unpaired) electrons. The topological polar surface area (TPSA) is 99.9 Å². The SMILES string of the molecule is COP(C)(=O)OC(C)(C)Nc1cc(Oc2ccc(Br)cc2Br)ccc1[N+](=O)[O-]. The molecule has 2 aromatic carbocycles. The van der Waals surface area contributed by atoms with E-state index in [9.17, 15) is 14.7 Å². The summed E-state index contributed by atoms with van der Waals surface area (Å²) in [6.07, 6.45) is 0. The van der Waals surface area contributed by atoms with Crippen molar-refractivity contribution in [1.82, 2.24) is 0 Å². The lowest BCUT2D eigenvalue weighted by atomic mass is 10.2. The Bertz CT molecular complexity index is 938. The van der Waals surface area contributed by atoms with Crippen molar-refractivity contribution in [2.45, 2.75) is 19.6 Å². The Morgan fingerprint density at radius 2 is 1.86 bits per heavy atom. The first-order valence-corrected chi connectivity index (χ1v) is 11.5. The maximum Gasteiger partial charge on any atom is 0.329 e. The van der Waals surface area contributed by atoms with Crippen LogP contribution in [0, 0.1) is 10.1 Å². The number of nitro groups is 1. The Labute approximate surface area is 179 Å². The lowest BCUT2D eigenvalue weighted by Crippen LogP contribution is -2.33. The second kappa shape index (κ2) is 8.92. The van der Waals surface area contributed by atoms with Crippen molar-refractivity contribution in [3.05, 3.63) is 55.5 Å². The molecule has 0 aliphatic rings. The number of anilines is 1. The monoisotopic (exact) mass is 536 g/mol. The molecule has 2 rings (SSSR count). The minimum Gasteiger partial charge on any atom is -0.456 e. The molecule has 0 spiro atoms. The summed E-state index contributed by atoms with van der Waals surface area (Å²) in [5.41, 5.74) is -1.24. The zero-order valence-corrected chi connectivity index (χ0v) is 19.6. The predicted octanol–water partition coefficient (Wildman–Crippen LogP) is 6.55. The number of nitro benzene ring substituents is 1. The second-order valence-electron chi connectivity index (χ2n) is 6.29. The van der Waals surface area contributed by atoms with E-state index in [-0.39, 0.29) is 11.4 Å². The largest absolute Gasteiger partial charge is 0.456 e. The van der Waals surface area contributed by atoms with E-state index in [2.05, 4.69) is 37.2 Å². The summed E-state index contributed by atoms with van der Waals surface area (Å²) in [6.45, 7) is 4.49. The van der Waals surface area contributed by atoms with Crippen LogP contribution in [0.3, 0.4) is 0 Å². The molecule has 28 heavy (non-hydrogen) atoms. The van der Waals surface area contributed by atoms with Crippen molar-refractivity contribution >= 4 is 50.8 Å². The van der Waals surface area contributed by atoms with Crippen molar-refractivity contribution in [1.29, 1.82) is 0 Å². The summed E-state index contributed by atoms with van der Waals surface area (Å²) in [6, 6.07) is 9.67. The van der Waals surface area contributed by atoms with Crippen molar-refractivity contribution < 1.29 is 23.3 Å². The van der Waals surface area contributed by atoms with Crippen molar-refractivity contribution in [2.75, 3.05) is 19.1 Å². The van der Waals surface area contributed by atoms with Gasteiger partial charge < -0.3 is 14.6 Å². The number of hydrogen-bond donors (Lipinski definition) is 1. The molecule has 0 amide bonds. The van der Waals surface area contributed by atoms with Gasteiger partial charge in [0.1, 0.15) is 22.9 Å². The lowest BCUT2D eigenvalue weighted by molar-refractivity contribution is -0.384. The van der Waals surface area contributed by atoms with Gasteiger partial charge in [-0.15, -0.1) is 0 Å². The number of nitrogens with zero attached hydrogens (tertiary/aromatic N) is 1. The lowest BCUT2D eigenvalue weighted by Gasteiger charge is -2.29. The summed E-state index contributed by atoms with van der Waals surface area (Å²) in [4.78, 5) is 10.9. The molecule has 0 fully saturated rings. The van der Waals surface area contributed by atoms with Crippen LogP contribution in [0.4, 0.5) is 11.4 Å². The molecule has 11 heteroatoms. The fourth-order valence-electron chi connectivity index (χ4n) is 2.32. The van der Waals surface area contributed by atoms with Gasteiger partial charge in [-0.25, -0.2) is 0 Å². The van der Waals surface area contributed by atoms with Crippen LogP contribution in [0.25, 0.3) is 0 Å². The van der Waals surface area contributed by atoms with Crippen LogP contribution in [0.1, 0.15) is 13.8 Å². The molecule has 0 heterocycles. The molecular formula is C17H19Br2N2O6P. The van der Waals surface area contributed by atoms with E-state index in [1.807, 2.05) is 12.1 Å². The van der Waals surface area contributed by atoms with Crippen molar-refractivity contribution in [2.24, 2.45) is 0 Å². The van der Waals surface area contributed by atoms with E-state index in [1.165, 1.54) is 32.0 Å². The smallest absolute Gasteiger partial charge is 0.329 e. The molecule has 0 aliphatic carbocycles. The molecule has 1 unspecified atom stereocenters. The van der Waals surface area contributed by atoms with Crippen LogP contribution in [0.15, 0.2) is 45.3 Å². The molecule has 0 bridgehead atoms. The number of halogens is 2. The van der Waals surface area contributed by atoms with Crippen LogP contribution in [0.2, 0.25) is 0 Å². The molecule has 8 nitrogen and oxygen atoms in total. The Morgan fingerprint density at radius 1 is 1.18 bits per heavy atom. The third kappa shape index (κ3) is 6.28. The molecule has 1 atom stereocenters. The predicted molar refractivity (Wildman–Crippen MR) is 114 cm³/mol. The van der Waals surface area contributed by atoms with Crippen LogP contribution in [-0.4, -0.2) is 24.4 Å². The molecule has 0 saturated heterocycles. The summed E-state index contributed by atoms with van der Waals surface area (Å²) in [5.74, 6) is 0.911. The number of nitrogens with one attached hydrogen (secondary N) is 1. The summed E-state index contributed by atoms with van der Waals surface area (Å²) >= 11 is 6.77. The summed E-state index contributed by atoms with van der Waals surface area (Å²) in [5, 5.41) is 14.3. The van der Waals surface area contributed by atoms with E-state index < -0.39 is 18.2 Å². The van der Waals surface area contributed by atoms with Crippen LogP contribution in [0.5, 0.6) is 11.5 Å². The maximum absolute atomic E-state index is 12.1. The van der Waals surface area contributed by atoms with E-state index in [0.29, 0.717) is 16.0 Å². The molecule has 0 aliphatic heterocycles. The first-order valence-electron chi connectivity index (χ1n) is 7.96. The van der Waals surface area contributed by atoms with E-state index in [1.54, 1.807) is 19.9 Å². The third-order valence-corrected chi connectivity index (χ3v) is 6.01.